The van der Waals surface area contributed by atoms with E-state index in [-0.39, 0.29) is 34.7 Å². The first kappa shape index (κ1) is 23.7. The van der Waals surface area contributed by atoms with Crippen molar-refractivity contribution in [2.75, 3.05) is 20.4 Å². The highest BCUT2D eigenvalue weighted by Crippen LogP contribution is 2.45. The van der Waals surface area contributed by atoms with E-state index in [1.54, 1.807) is 6.92 Å². The molecule has 164 valence electrons. The fourth-order valence-electron chi connectivity index (χ4n) is 3.20. The van der Waals surface area contributed by atoms with Crippen LogP contribution in [0, 0.1) is 0 Å². The number of alkyl halides is 4. The number of carbonyl (C=O) groups excluding carboxylic acids is 2. The normalized spacial score (nSPS) is 17.0. The third-order valence-corrected chi connectivity index (χ3v) is 4.91. The summed E-state index contributed by atoms with van der Waals surface area (Å²) in [6, 6.07) is 3.11. The Kier molecular flexibility index (Phi) is 7.52. The second kappa shape index (κ2) is 9.51. The summed E-state index contributed by atoms with van der Waals surface area (Å²) in [5, 5.41) is 1.92. The van der Waals surface area contributed by atoms with Gasteiger partial charge in [-0.15, -0.1) is 0 Å². The summed E-state index contributed by atoms with van der Waals surface area (Å²) in [6.07, 6.45) is -4.28. The molecule has 0 saturated heterocycles. The van der Waals surface area contributed by atoms with Crippen LogP contribution in [0.25, 0.3) is 0 Å². The summed E-state index contributed by atoms with van der Waals surface area (Å²) in [7, 11) is 1.04. The molecule has 0 amide bonds. The second-order valence-electron chi connectivity index (χ2n) is 6.46. The fourth-order valence-corrected chi connectivity index (χ4v) is 3.54. The van der Waals surface area contributed by atoms with E-state index in [9.17, 15) is 27.2 Å². The topological polar surface area (TPSA) is 64.6 Å². The summed E-state index contributed by atoms with van der Waals surface area (Å²) in [5.74, 6) is -3.29. The third-order valence-electron chi connectivity index (χ3n) is 4.49. The Balaban J connectivity index is 2.80. The van der Waals surface area contributed by atoms with Gasteiger partial charge in [-0.05, 0) is 25.0 Å². The highest BCUT2D eigenvalue weighted by Gasteiger charge is 2.42. The van der Waals surface area contributed by atoms with Crippen LogP contribution in [0.15, 0.2) is 40.7 Å². The highest BCUT2D eigenvalue weighted by molar-refractivity contribution is 6.32. The molecule has 0 aromatic heterocycles. The van der Waals surface area contributed by atoms with Gasteiger partial charge < -0.3 is 14.8 Å². The first-order chi connectivity index (χ1) is 14.1. The maximum Gasteiger partial charge on any atom is 0.417 e. The molecule has 2 rings (SSSR count). The monoisotopic (exact) mass is 449 g/mol. The summed E-state index contributed by atoms with van der Waals surface area (Å²) in [6.45, 7) is 2.09. The number of allylic oxidation sites excluding steroid dienone is 2. The van der Waals surface area contributed by atoms with Gasteiger partial charge in [0.1, 0.15) is 6.67 Å². The summed E-state index contributed by atoms with van der Waals surface area (Å²) >= 11 is 6.07. The van der Waals surface area contributed by atoms with Gasteiger partial charge in [0, 0.05) is 5.70 Å². The van der Waals surface area contributed by atoms with Crippen molar-refractivity contribution in [1.82, 2.24) is 5.32 Å². The van der Waals surface area contributed by atoms with Crippen LogP contribution in [0.5, 0.6) is 0 Å². The number of halogens is 5. The molecule has 1 atom stereocenters. The van der Waals surface area contributed by atoms with Gasteiger partial charge in [0.15, 0.2) is 0 Å². The molecule has 1 aliphatic heterocycles. The largest absolute Gasteiger partial charge is 0.466 e. The van der Waals surface area contributed by atoms with Crippen molar-refractivity contribution in [2.24, 2.45) is 0 Å². The predicted molar refractivity (Wildman–Crippen MR) is 101 cm³/mol. The Bertz CT molecular complexity index is 909. The van der Waals surface area contributed by atoms with E-state index >= 15 is 0 Å². The molecule has 30 heavy (non-hydrogen) atoms. The lowest BCUT2D eigenvalue weighted by atomic mass is 9.79. The van der Waals surface area contributed by atoms with Crippen LogP contribution in [-0.2, 0) is 25.2 Å². The molecule has 0 fully saturated rings. The van der Waals surface area contributed by atoms with Gasteiger partial charge in [0.25, 0.3) is 0 Å². The molecule has 10 heteroatoms. The average Bonchev–Trinajstić information content (AvgIpc) is 2.69. The number of hydrogen-bond acceptors (Lipinski definition) is 5. The van der Waals surface area contributed by atoms with Gasteiger partial charge in [0.2, 0.25) is 0 Å². The lowest BCUT2D eigenvalue weighted by Gasteiger charge is -2.31. The summed E-state index contributed by atoms with van der Waals surface area (Å²) in [5.41, 5.74) is -1.94. The molecule has 1 aromatic rings. The lowest BCUT2D eigenvalue weighted by Crippen LogP contribution is -2.34. The van der Waals surface area contributed by atoms with Crippen molar-refractivity contribution >= 4 is 23.5 Å². The lowest BCUT2D eigenvalue weighted by molar-refractivity contribution is -0.139. The predicted octanol–water partition coefficient (Wildman–Crippen LogP) is 4.67. The zero-order valence-electron chi connectivity index (χ0n) is 16.5. The number of methoxy groups -OCH3 is 1. The van der Waals surface area contributed by atoms with E-state index in [1.165, 1.54) is 13.0 Å². The standard InChI is InChI=1S/C20H20ClF4NO4/c1-4-8-30-19(28)14-10(2)26-13(9-22)16(18(27)29-3)15(14)11-6-5-7-12(17(11)21)20(23,24)25/h5-7,15,26H,4,8-9H2,1-3H3. The number of carbonyl (C=O) groups is 2. The van der Waals surface area contributed by atoms with Crippen molar-refractivity contribution in [3.8, 4) is 0 Å². The number of ether oxygens (including phenoxy) is 2. The molecule has 1 N–H and O–H groups in total. The Morgan fingerprint density at radius 2 is 1.87 bits per heavy atom. The molecule has 0 radical (unpaired) electrons. The van der Waals surface area contributed by atoms with Crippen molar-refractivity contribution in [3.05, 3.63) is 56.9 Å². The smallest absolute Gasteiger partial charge is 0.417 e. The van der Waals surface area contributed by atoms with Crippen LogP contribution in [0.2, 0.25) is 5.02 Å². The third kappa shape index (κ3) is 4.61. The minimum absolute atomic E-state index is 0.0475. The molecule has 0 spiro atoms. The number of rotatable bonds is 6. The van der Waals surface area contributed by atoms with Gasteiger partial charge in [-0.3, -0.25) is 0 Å². The molecular formula is C20H20ClF4NO4. The maximum absolute atomic E-state index is 13.7. The molecule has 0 bridgehead atoms. The quantitative estimate of drug-likeness (QED) is 0.505. The van der Waals surface area contributed by atoms with Gasteiger partial charge >= 0.3 is 18.1 Å². The Labute approximate surface area is 175 Å². The molecule has 0 saturated carbocycles. The van der Waals surface area contributed by atoms with Crippen molar-refractivity contribution < 1.29 is 36.6 Å². The second-order valence-corrected chi connectivity index (χ2v) is 6.83. The zero-order chi connectivity index (χ0) is 22.6. The molecule has 0 aliphatic carbocycles. The SMILES string of the molecule is CCCOC(=O)C1=C(C)NC(CF)=C(C(=O)OC)C1c1cccc(C(F)(F)F)c1Cl. The summed E-state index contributed by atoms with van der Waals surface area (Å²) < 4.78 is 63.8. The number of nitrogens with one attached hydrogen (secondary N) is 1. The average molecular weight is 450 g/mol. The van der Waals surface area contributed by atoms with E-state index in [4.69, 9.17) is 21.1 Å². The first-order valence-corrected chi connectivity index (χ1v) is 9.34. The minimum Gasteiger partial charge on any atom is -0.466 e. The van der Waals surface area contributed by atoms with E-state index in [1.807, 2.05) is 0 Å². The van der Waals surface area contributed by atoms with Crippen LogP contribution in [0.1, 0.15) is 37.3 Å². The molecule has 1 aliphatic rings. The van der Waals surface area contributed by atoms with Gasteiger partial charge in [-0.25, -0.2) is 14.0 Å². The van der Waals surface area contributed by atoms with E-state index in [0.29, 0.717) is 6.42 Å². The first-order valence-electron chi connectivity index (χ1n) is 8.96. The number of hydrogen-bond donors (Lipinski definition) is 1. The maximum atomic E-state index is 13.7. The Hall–Kier alpha value is -2.55. The molecular weight excluding hydrogens is 430 g/mol. The van der Waals surface area contributed by atoms with Gasteiger partial charge in [0.05, 0.1) is 47.1 Å². The van der Waals surface area contributed by atoms with Gasteiger partial charge in [-0.2, -0.15) is 13.2 Å². The van der Waals surface area contributed by atoms with Crippen LogP contribution in [0.3, 0.4) is 0 Å². The van der Waals surface area contributed by atoms with E-state index in [2.05, 4.69) is 5.32 Å². The van der Waals surface area contributed by atoms with Crippen LogP contribution < -0.4 is 5.32 Å². The van der Waals surface area contributed by atoms with Crippen molar-refractivity contribution in [3.63, 3.8) is 0 Å². The van der Waals surface area contributed by atoms with Crippen LogP contribution in [0.4, 0.5) is 17.6 Å². The van der Waals surface area contributed by atoms with Crippen LogP contribution in [-0.4, -0.2) is 32.3 Å². The fraction of sp³-hybridized carbons (Fsp3) is 0.400. The highest BCUT2D eigenvalue weighted by atomic mass is 35.5. The van der Waals surface area contributed by atoms with E-state index < -0.39 is 41.3 Å². The molecule has 1 aromatic carbocycles. The van der Waals surface area contributed by atoms with E-state index in [0.717, 1.165) is 19.2 Å². The molecule has 1 unspecified atom stereocenters. The number of dihydropyridines is 1. The number of esters is 2. The minimum atomic E-state index is -4.78. The molecule has 1 heterocycles. The molecule has 5 nitrogen and oxygen atoms in total. The summed E-state index contributed by atoms with van der Waals surface area (Å²) in [4.78, 5) is 25.2. The number of benzene rings is 1. The van der Waals surface area contributed by atoms with Gasteiger partial charge in [-0.1, -0.05) is 30.7 Å². The Morgan fingerprint density at radius 1 is 1.20 bits per heavy atom. The van der Waals surface area contributed by atoms with Crippen molar-refractivity contribution in [1.29, 1.82) is 0 Å². The van der Waals surface area contributed by atoms with Crippen molar-refractivity contribution in [2.45, 2.75) is 32.4 Å². The zero-order valence-corrected chi connectivity index (χ0v) is 17.2. The Morgan fingerprint density at radius 3 is 2.40 bits per heavy atom. The van der Waals surface area contributed by atoms with Crippen LogP contribution >= 0.6 is 11.6 Å².